The zero-order chi connectivity index (χ0) is 8.67. The Hall–Kier alpha value is -1.90. The highest BCUT2D eigenvalue weighted by Crippen LogP contribution is 2.17. The first-order valence-electron chi connectivity index (χ1n) is 4.18. The Morgan fingerprint density at radius 2 is 2.23 bits per heavy atom. The molecule has 0 spiro atoms. The van der Waals surface area contributed by atoms with E-state index < -0.39 is 0 Å². The lowest BCUT2D eigenvalue weighted by Crippen LogP contribution is -1.95. The van der Waals surface area contributed by atoms with Gasteiger partial charge in [-0.2, -0.15) is 0 Å². The number of H-pyrrole nitrogens is 2. The Morgan fingerprint density at radius 1 is 1.23 bits per heavy atom. The van der Waals surface area contributed by atoms with Crippen LogP contribution in [0.15, 0.2) is 36.8 Å². The number of nitrogens with zero attached hydrogens (tertiary/aromatic N) is 1. The molecule has 0 aliphatic carbocycles. The molecule has 0 radical (unpaired) electrons. The van der Waals surface area contributed by atoms with Gasteiger partial charge in [0.15, 0.2) is 5.52 Å². The predicted molar refractivity (Wildman–Crippen MR) is 50.2 cm³/mol. The first kappa shape index (κ1) is 6.60. The second-order valence-corrected chi connectivity index (χ2v) is 2.99. The van der Waals surface area contributed by atoms with Gasteiger partial charge in [-0.3, -0.25) is 0 Å². The van der Waals surface area contributed by atoms with Crippen molar-refractivity contribution in [2.75, 3.05) is 0 Å². The molecule has 3 nitrogen and oxygen atoms in total. The normalized spacial score (nSPS) is 11.1. The number of pyridine rings is 1. The van der Waals surface area contributed by atoms with Gasteiger partial charge in [-0.15, -0.1) is 0 Å². The third kappa shape index (κ3) is 0.839. The summed E-state index contributed by atoms with van der Waals surface area (Å²) in [6.45, 7) is 0. The average Bonchev–Trinajstić information content (AvgIpc) is 2.65. The Morgan fingerprint density at radius 3 is 3.23 bits per heavy atom. The number of rotatable bonds is 0. The van der Waals surface area contributed by atoms with Gasteiger partial charge < -0.3 is 4.98 Å². The smallest absolute Gasteiger partial charge is 0.285 e. The summed E-state index contributed by atoms with van der Waals surface area (Å²) in [4.78, 5) is 10.5. The lowest BCUT2D eigenvalue weighted by molar-refractivity contribution is -0.343. The van der Waals surface area contributed by atoms with Crippen LogP contribution in [0.25, 0.3) is 21.9 Å². The maximum atomic E-state index is 4.20. The summed E-state index contributed by atoms with van der Waals surface area (Å²) in [5, 5.41) is 1.18. The third-order valence-electron chi connectivity index (χ3n) is 2.23. The highest BCUT2D eigenvalue weighted by atomic mass is 14.9. The maximum Gasteiger partial charge on any atom is 0.285 e. The molecule has 62 valence electrons. The van der Waals surface area contributed by atoms with Crippen molar-refractivity contribution in [1.82, 2.24) is 9.97 Å². The molecule has 3 heteroatoms. The number of fused-ring (bicyclic) bond motifs is 3. The van der Waals surface area contributed by atoms with Crippen LogP contribution in [-0.4, -0.2) is 9.97 Å². The van der Waals surface area contributed by atoms with Crippen molar-refractivity contribution >= 4 is 21.9 Å². The fraction of sp³-hybridized carbons (Fsp3) is 0. The third-order valence-corrected chi connectivity index (χ3v) is 2.23. The Bertz CT molecular complexity index is 568. The standard InChI is InChI=1S/C10H7N3/c1-2-7-8(11-5-1)3-4-9-10(7)13-6-12-9/h1-6,11H/p+1. The minimum absolute atomic E-state index is 1.01. The van der Waals surface area contributed by atoms with Crippen molar-refractivity contribution in [1.29, 1.82) is 0 Å². The molecule has 1 aromatic carbocycles. The van der Waals surface area contributed by atoms with Crippen molar-refractivity contribution in [3.63, 3.8) is 0 Å². The topological polar surface area (TPSA) is 42.8 Å². The van der Waals surface area contributed by atoms with E-state index in [1.165, 1.54) is 5.39 Å². The number of aromatic nitrogens is 3. The summed E-state index contributed by atoms with van der Waals surface area (Å²) in [7, 11) is 0. The zero-order valence-corrected chi connectivity index (χ0v) is 6.91. The molecule has 0 saturated heterocycles. The minimum Gasteiger partial charge on any atom is -0.361 e. The molecule has 3 aromatic rings. The number of benzene rings is 1. The monoisotopic (exact) mass is 170 g/mol. The van der Waals surface area contributed by atoms with E-state index in [1.807, 2.05) is 24.4 Å². The first-order valence-corrected chi connectivity index (χ1v) is 4.18. The van der Waals surface area contributed by atoms with Gasteiger partial charge in [-0.25, -0.2) is 4.98 Å². The Kier molecular flexibility index (Phi) is 1.16. The van der Waals surface area contributed by atoms with Gasteiger partial charge in [-0.05, 0) is 29.2 Å². The van der Waals surface area contributed by atoms with E-state index in [0.29, 0.717) is 0 Å². The summed E-state index contributed by atoms with van der Waals surface area (Å²) < 4.78 is 0. The number of nitrogens with one attached hydrogen (secondary N) is 2. The van der Waals surface area contributed by atoms with Crippen molar-refractivity contribution in [2.45, 2.75) is 0 Å². The highest BCUT2D eigenvalue weighted by Gasteiger charge is 2.07. The molecule has 3 rings (SSSR count). The van der Waals surface area contributed by atoms with Gasteiger partial charge >= 0.3 is 0 Å². The average molecular weight is 170 g/mol. The van der Waals surface area contributed by atoms with Crippen LogP contribution < -0.4 is 4.98 Å². The van der Waals surface area contributed by atoms with E-state index >= 15 is 0 Å². The molecule has 0 unspecified atom stereocenters. The number of hydrogen-bond acceptors (Lipinski definition) is 1. The highest BCUT2D eigenvalue weighted by molar-refractivity contribution is 5.99. The van der Waals surface area contributed by atoms with Crippen LogP contribution in [0.4, 0.5) is 0 Å². The Labute approximate surface area is 74.4 Å². The van der Waals surface area contributed by atoms with E-state index in [-0.39, 0.29) is 0 Å². The van der Waals surface area contributed by atoms with Gasteiger partial charge in [0.1, 0.15) is 0 Å². The summed E-state index contributed by atoms with van der Waals surface area (Å²) >= 11 is 0. The van der Waals surface area contributed by atoms with Crippen molar-refractivity contribution in [3.05, 3.63) is 36.8 Å². The fourth-order valence-corrected chi connectivity index (χ4v) is 1.61. The molecule has 2 aromatic heterocycles. The van der Waals surface area contributed by atoms with Crippen LogP contribution in [-0.2, 0) is 0 Å². The zero-order valence-electron chi connectivity index (χ0n) is 6.91. The maximum absolute atomic E-state index is 4.20. The molecule has 2 heterocycles. The van der Waals surface area contributed by atoms with Gasteiger partial charge in [0.25, 0.3) is 6.33 Å². The van der Waals surface area contributed by atoms with Crippen molar-refractivity contribution in [3.8, 4) is 0 Å². The molecular weight excluding hydrogens is 162 g/mol. The van der Waals surface area contributed by atoms with Crippen LogP contribution in [0.2, 0.25) is 0 Å². The van der Waals surface area contributed by atoms with E-state index in [4.69, 9.17) is 0 Å². The van der Waals surface area contributed by atoms with Crippen molar-refractivity contribution < 1.29 is 4.98 Å². The second kappa shape index (κ2) is 2.29. The summed E-state index contributed by atoms with van der Waals surface area (Å²) in [6.07, 6.45) is 3.64. The molecule has 0 fully saturated rings. The lowest BCUT2D eigenvalue weighted by atomic mass is 10.2. The van der Waals surface area contributed by atoms with Crippen molar-refractivity contribution in [2.24, 2.45) is 0 Å². The summed E-state index contributed by atoms with van der Waals surface area (Å²) in [5.41, 5.74) is 3.22. The number of aromatic amines is 2. The van der Waals surface area contributed by atoms with E-state index in [1.54, 1.807) is 6.33 Å². The quantitative estimate of drug-likeness (QED) is 0.546. The van der Waals surface area contributed by atoms with Gasteiger partial charge in [0.05, 0.1) is 0 Å². The SMILES string of the molecule is c1c[nH]c2ccc3nc[nH+]c3c2c1. The molecule has 2 N–H and O–H groups in total. The summed E-state index contributed by atoms with van der Waals surface area (Å²) in [6, 6.07) is 8.11. The van der Waals surface area contributed by atoms with Crippen LogP contribution in [0.1, 0.15) is 0 Å². The molecular formula is C10H8N3+. The van der Waals surface area contributed by atoms with Crippen LogP contribution in [0.5, 0.6) is 0 Å². The molecule has 0 bridgehead atoms. The van der Waals surface area contributed by atoms with Crippen LogP contribution in [0, 0.1) is 0 Å². The van der Waals surface area contributed by atoms with Crippen LogP contribution in [0.3, 0.4) is 0 Å². The fourth-order valence-electron chi connectivity index (χ4n) is 1.61. The van der Waals surface area contributed by atoms with Gasteiger partial charge in [0.2, 0.25) is 5.52 Å². The van der Waals surface area contributed by atoms with E-state index in [9.17, 15) is 0 Å². The molecule has 13 heavy (non-hydrogen) atoms. The van der Waals surface area contributed by atoms with E-state index in [0.717, 1.165) is 16.6 Å². The number of hydrogen-bond donors (Lipinski definition) is 1. The molecule has 0 saturated carbocycles. The largest absolute Gasteiger partial charge is 0.361 e. The summed E-state index contributed by atoms with van der Waals surface area (Å²) in [5.74, 6) is 0. The Balaban J connectivity index is 2.65. The second-order valence-electron chi connectivity index (χ2n) is 2.99. The first-order chi connectivity index (χ1) is 6.45. The minimum atomic E-state index is 1.01. The predicted octanol–water partition coefficient (Wildman–Crippen LogP) is 1.53. The van der Waals surface area contributed by atoms with Crippen LogP contribution >= 0.6 is 0 Å². The molecule has 0 amide bonds. The molecule has 0 aliphatic heterocycles. The van der Waals surface area contributed by atoms with Gasteiger partial charge in [-0.1, -0.05) is 0 Å². The molecule has 0 aliphatic rings. The lowest BCUT2D eigenvalue weighted by Gasteiger charge is -1.94. The molecule has 0 atom stereocenters. The van der Waals surface area contributed by atoms with E-state index in [2.05, 4.69) is 21.0 Å². The number of imidazole rings is 1. The van der Waals surface area contributed by atoms with Gasteiger partial charge in [0, 0.05) is 17.1 Å².